The van der Waals surface area contributed by atoms with E-state index >= 15 is 0 Å². The molecular weight excluding hydrogens is 320 g/mol. The molecule has 0 spiro atoms. The quantitative estimate of drug-likeness (QED) is 0.897. The molecule has 8 heteroatoms. The molecule has 0 aromatic carbocycles. The zero-order valence-corrected chi connectivity index (χ0v) is 13.8. The Morgan fingerprint density at radius 1 is 1.16 bits per heavy atom. The second-order valence-corrected chi connectivity index (χ2v) is 6.55. The monoisotopic (exact) mass is 340 g/mol. The van der Waals surface area contributed by atoms with Gasteiger partial charge in [0.15, 0.2) is 0 Å². The molecular formula is C17H20N6O2. The Morgan fingerprint density at radius 2 is 2.00 bits per heavy atom. The smallest absolute Gasteiger partial charge is 0.274 e. The Kier molecular flexibility index (Phi) is 4.17. The van der Waals surface area contributed by atoms with Crippen LogP contribution in [0.25, 0.3) is 0 Å². The molecule has 4 rings (SSSR count). The van der Waals surface area contributed by atoms with E-state index in [4.69, 9.17) is 0 Å². The fourth-order valence-electron chi connectivity index (χ4n) is 3.58. The normalized spacial score (nSPS) is 20.3. The van der Waals surface area contributed by atoms with E-state index in [0.29, 0.717) is 6.54 Å². The molecule has 25 heavy (non-hydrogen) atoms. The number of nitrogens with one attached hydrogen (secondary N) is 1. The Morgan fingerprint density at radius 3 is 2.76 bits per heavy atom. The van der Waals surface area contributed by atoms with Gasteiger partial charge in [-0.1, -0.05) is 12.8 Å². The standard InChI is InChI=1S/C17H20N6O2/c24-16(21-12-3-1-2-4-12)15-11-22(10-13-5-6-20-23(13)15)17(25)14-9-18-7-8-19-14/h5-9,12,15H,1-4,10-11H2,(H,21,24). The van der Waals surface area contributed by atoms with Gasteiger partial charge in [-0.15, -0.1) is 0 Å². The summed E-state index contributed by atoms with van der Waals surface area (Å²) in [6, 6.07) is 1.56. The van der Waals surface area contributed by atoms with Gasteiger partial charge in [-0.05, 0) is 18.9 Å². The second kappa shape index (κ2) is 6.62. The van der Waals surface area contributed by atoms with Gasteiger partial charge in [-0.2, -0.15) is 5.10 Å². The van der Waals surface area contributed by atoms with Crippen LogP contribution in [0.1, 0.15) is 47.9 Å². The molecule has 1 aliphatic carbocycles. The number of nitrogens with zero attached hydrogens (tertiary/aromatic N) is 5. The molecule has 1 fully saturated rings. The lowest BCUT2D eigenvalue weighted by molar-refractivity contribution is -0.126. The van der Waals surface area contributed by atoms with Gasteiger partial charge < -0.3 is 10.2 Å². The minimum Gasteiger partial charge on any atom is -0.351 e. The third-order valence-corrected chi connectivity index (χ3v) is 4.87. The van der Waals surface area contributed by atoms with Crippen molar-refractivity contribution in [2.45, 2.75) is 44.3 Å². The van der Waals surface area contributed by atoms with E-state index in [9.17, 15) is 9.59 Å². The molecule has 0 saturated heterocycles. The van der Waals surface area contributed by atoms with Crippen molar-refractivity contribution in [1.82, 2.24) is 30.0 Å². The molecule has 2 aliphatic rings. The van der Waals surface area contributed by atoms with E-state index in [1.807, 2.05) is 6.07 Å². The number of amides is 2. The fraction of sp³-hybridized carbons (Fsp3) is 0.471. The highest BCUT2D eigenvalue weighted by Crippen LogP contribution is 2.23. The second-order valence-electron chi connectivity index (χ2n) is 6.55. The number of aromatic nitrogens is 4. The minimum absolute atomic E-state index is 0.0755. The van der Waals surface area contributed by atoms with Crippen molar-refractivity contribution in [2.24, 2.45) is 0 Å². The summed E-state index contributed by atoms with van der Waals surface area (Å²) in [5.74, 6) is -0.298. The highest BCUT2D eigenvalue weighted by Gasteiger charge is 2.34. The Labute approximate surface area is 145 Å². The number of carbonyl (C=O) groups is 2. The summed E-state index contributed by atoms with van der Waals surface area (Å²) in [5, 5.41) is 7.40. The number of fused-ring (bicyclic) bond motifs is 1. The summed E-state index contributed by atoms with van der Waals surface area (Å²) < 4.78 is 1.73. The minimum atomic E-state index is -0.514. The van der Waals surface area contributed by atoms with E-state index in [1.165, 1.54) is 18.6 Å². The molecule has 1 atom stereocenters. The Balaban J connectivity index is 1.55. The number of carbonyl (C=O) groups excluding carboxylic acids is 2. The van der Waals surface area contributed by atoms with Crippen LogP contribution in [0.4, 0.5) is 0 Å². The van der Waals surface area contributed by atoms with Crippen LogP contribution in [-0.4, -0.2) is 49.0 Å². The van der Waals surface area contributed by atoms with Crippen LogP contribution >= 0.6 is 0 Å². The van der Waals surface area contributed by atoms with Crippen molar-refractivity contribution >= 4 is 11.8 Å². The number of hydrogen-bond acceptors (Lipinski definition) is 5. The van der Waals surface area contributed by atoms with Crippen LogP contribution in [0.5, 0.6) is 0 Å². The number of hydrogen-bond donors (Lipinski definition) is 1. The van der Waals surface area contributed by atoms with E-state index in [-0.39, 0.29) is 30.1 Å². The van der Waals surface area contributed by atoms with Gasteiger partial charge in [0.25, 0.3) is 5.91 Å². The summed E-state index contributed by atoms with van der Waals surface area (Å²) >= 11 is 0. The lowest BCUT2D eigenvalue weighted by atomic mass is 10.1. The summed E-state index contributed by atoms with van der Waals surface area (Å²) in [6.07, 6.45) is 10.5. The summed E-state index contributed by atoms with van der Waals surface area (Å²) in [4.78, 5) is 35.2. The van der Waals surface area contributed by atoms with Gasteiger partial charge >= 0.3 is 0 Å². The van der Waals surface area contributed by atoms with Crippen molar-refractivity contribution in [3.8, 4) is 0 Å². The molecule has 1 saturated carbocycles. The van der Waals surface area contributed by atoms with Crippen LogP contribution in [0.2, 0.25) is 0 Å². The highest BCUT2D eigenvalue weighted by atomic mass is 16.2. The van der Waals surface area contributed by atoms with Crippen molar-refractivity contribution in [3.05, 3.63) is 42.2 Å². The Bertz CT molecular complexity index is 768. The lowest BCUT2D eigenvalue weighted by Crippen LogP contribution is -2.48. The maximum atomic E-state index is 12.8. The predicted octanol–water partition coefficient (Wildman–Crippen LogP) is 0.929. The first-order valence-electron chi connectivity index (χ1n) is 8.60. The molecule has 1 unspecified atom stereocenters. The third-order valence-electron chi connectivity index (χ3n) is 4.87. The molecule has 1 N–H and O–H groups in total. The molecule has 0 bridgehead atoms. The van der Waals surface area contributed by atoms with Gasteiger partial charge in [0.05, 0.1) is 25.0 Å². The molecule has 2 amide bonds. The predicted molar refractivity (Wildman–Crippen MR) is 88.4 cm³/mol. The molecule has 1 aliphatic heterocycles. The van der Waals surface area contributed by atoms with Crippen LogP contribution in [-0.2, 0) is 11.3 Å². The van der Waals surface area contributed by atoms with Gasteiger partial charge in [-0.3, -0.25) is 19.3 Å². The zero-order chi connectivity index (χ0) is 17.2. The van der Waals surface area contributed by atoms with E-state index < -0.39 is 6.04 Å². The van der Waals surface area contributed by atoms with Crippen LogP contribution < -0.4 is 5.32 Å². The molecule has 130 valence electrons. The third kappa shape index (κ3) is 3.11. The van der Waals surface area contributed by atoms with Gasteiger partial charge in [0.2, 0.25) is 5.91 Å². The van der Waals surface area contributed by atoms with E-state index in [1.54, 1.807) is 15.8 Å². The molecule has 2 aromatic rings. The lowest BCUT2D eigenvalue weighted by Gasteiger charge is -2.33. The summed E-state index contributed by atoms with van der Waals surface area (Å²) in [5.41, 5.74) is 1.13. The summed E-state index contributed by atoms with van der Waals surface area (Å²) in [6.45, 7) is 0.686. The van der Waals surface area contributed by atoms with Crippen molar-refractivity contribution in [3.63, 3.8) is 0 Å². The fourth-order valence-corrected chi connectivity index (χ4v) is 3.58. The Hall–Kier alpha value is -2.77. The van der Waals surface area contributed by atoms with Crippen LogP contribution in [0, 0.1) is 0 Å². The van der Waals surface area contributed by atoms with E-state index in [0.717, 1.165) is 31.4 Å². The van der Waals surface area contributed by atoms with E-state index in [2.05, 4.69) is 20.4 Å². The van der Waals surface area contributed by atoms with Crippen molar-refractivity contribution in [2.75, 3.05) is 6.54 Å². The first-order chi connectivity index (χ1) is 12.2. The van der Waals surface area contributed by atoms with Gasteiger partial charge in [0, 0.05) is 24.6 Å². The van der Waals surface area contributed by atoms with Gasteiger partial charge in [0.1, 0.15) is 11.7 Å². The first kappa shape index (κ1) is 15.7. The topological polar surface area (TPSA) is 93.0 Å². The highest BCUT2D eigenvalue weighted by molar-refractivity contribution is 5.92. The van der Waals surface area contributed by atoms with Crippen LogP contribution in [0.3, 0.4) is 0 Å². The first-order valence-corrected chi connectivity index (χ1v) is 8.60. The largest absolute Gasteiger partial charge is 0.351 e. The molecule has 0 radical (unpaired) electrons. The SMILES string of the molecule is O=C(NC1CCCC1)C1CN(C(=O)c2cnccn2)Cc2ccnn21. The maximum absolute atomic E-state index is 12.8. The average Bonchev–Trinajstić information content (AvgIpc) is 3.32. The van der Waals surface area contributed by atoms with Gasteiger partial charge in [-0.25, -0.2) is 4.98 Å². The molecule has 8 nitrogen and oxygen atoms in total. The number of rotatable bonds is 3. The van der Waals surface area contributed by atoms with Crippen molar-refractivity contribution in [1.29, 1.82) is 0 Å². The van der Waals surface area contributed by atoms with Crippen LogP contribution in [0.15, 0.2) is 30.9 Å². The summed E-state index contributed by atoms with van der Waals surface area (Å²) in [7, 11) is 0. The zero-order valence-electron chi connectivity index (χ0n) is 13.8. The molecule has 2 aromatic heterocycles. The molecule has 3 heterocycles. The van der Waals surface area contributed by atoms with Crippen molar-refractivity contribution < 1.29 is 9.59 Å². The maximum Gasteiger partial charge on any atom is 0.274 e. The average molecular weight is 340 g/mol.